The number of amides is 2. The van der Waals surface area contributed by atoms with Crippen molar-refractivity contribution in [2.75, 3.05) is 18.4 Å². The molecule has 6 nitrogen and oxygen atoms in total. The van der Waals surface area contributed by atoms with Gasteiger partial charge in [-0.15, -0.1) is 0 Å². The fourth-order valence-corrected chi connectivity index (χ4v) is 3.75. The van der Waals surface area contributed by atoms with Crippen molar-refractivity contribution in [2.45, 2.75) is 38.0 Å². The van der Waals surface area contributed by atoms with Gasteiger partial charge in [-0.25, -0.2) is 9.78 Å². The highest BCUT2D eigenvalue weighted by molar-refractivity contribution is 5.88. The van der Waals surface area contributed by atoms with Gasteiger partial charge >= 0.3 is 6.03 Å². The first-order chi connectivity index (χ1) is 11.7. The van der Waals surface area contributed by atoms with Crippen LogP contribution in [-0.4, -0.2) is 38.8 Å². The van der Waals surface area contributed by atoms with Crippen LogP contribution in [-0.2, 0) is 19.9 Å². The van der Waals surface area contributed by atoms with Crippen molar-refractivity contribution in [1.82, 2.24) is 19.7 Å². The maximum absolute atomic E-state index is 12.5. The predicted molar refractivity (Wildman–Crippen MR) is 92.0 cm³/mol. The van der Waals surface area contributed by atoms with E-state index in [4.69, 9.17) is 0 Å². The van der Waals surface area contributed by atoms with Crippen LogP contribution in [0.2, 0.25) is 0 Å². The van der Waals surface area contributed by atoms with E-state index in [9.17, 15) is 4.79 Å². The highest BCUT2D eigenvalue weighted by atomic mass is 16.2. The van der Waals surface area contributed by atoms with Crippen molar-refractivity contribution in [3.63, 3.8) is 0 Å². The fraction of sp³-hybridized carbons (Fsp3) is 0.500. The van der Waals surface area contributed by atoms with Crippen LogP contribution in [0.1, 0.15) is 42.0 Å². The molecule has 1 saturated heterocycles. The highest BCUT2D eigenvalue weighted by Crippen LogP contribution is 2.28. The van der Waals surface area contributed by atoms with Gasteiger partial charge in [0.25, 0.3) is 0 Å². The second-order valence-electron chi connectivity index (χ2n) is 6.79. The van der Waals surface area contributed by atoms with E-state index in [1.165, 1.54) is 17.5 Å². The zero-order valence-electron chi connectivity index (χ0n) is 14.0. The third-order valence-electron chi connectivity index (χ3n) is 5.14. The Kier molecular flexibility index (Phi) is 3.96. The number of anilines is 1. The Hall–Kier alpha value is -2.37. The summed E-state index contributed by atoms with van der Waals surface area (Å²) in [5.74, 6) is 1.18. The van der Waals surface area contributed by atoms with Crippen LogP contribution in [0.4, 0.5) is 10.6 Å². The normalized spacial score (nSPS) is 17.8. The lowest BCUT2D eigenvalue weighted by Gasteiger charge is -2.31. The van der Waals surface area contributed by atoms with Crippen molar-refractivity contribution in [3.05, 3.63) is 41.3 Å². The van der Waals surface area contributed by atoms with Gasteiger partial charge in [-0.1, -0.05) is 6.07 Å². The number of aryl methyl sites for hydroxylation is 3. The second-order valence-corrected chi connectivity index (χ2v) is 6.79. The summed E-state index contributed by atoms with van der Waals surface area (Å²) in [5, 5.41) is 7.21. The molecule has 2 aromatic heterocycles. The quantitative estimate of drug-likeness (QED) is 0.923. The van der Waals surface area contributed by atoms with Gasteiger partial charge in [0.1, 0.15) is 5.82 Å². The Morgan fingerprint density at radius 1 is 1.25 bits per heavy atom. The van der Waals surface area contributed by atoms with E-state index in [1.807, 2.05) is 28.9 Å². The minimum atomic E-state index is -0.0370. The summed E-state index contributed by atoms with van der Waals surface area (Å²) in [6, 6.07) is 3.98. The number of urea groups is 1. The Bertz CT molecular complexity index is 746. The maximum Gasteiger partial charge on any atom is 0.323 e. The van der Waals surface area contributed by atoms with E-state index in [0.717, 1.165) is 44.5 Å². The van der Waals surface area contributed by atoms with E-state index < -0.39 is 0 Å². The third-order valence-corrected chi connectivity index (χ3v) is 5.14. The number of hydrogen-bond acceptors (Lipinski definition) is 3. The second kappa shape index (κ2) is 6.26. The molecule has 1 fully saturated rings. The molecule has 0 bridgehead atoms. The molecular formula is C18H23N5O. The van der Waals surface area contributed by atoms with Gasteiger partial charge in [-0.3, -0.25) is 10.00 Å². The standard InChI is InChI=1S/C18H23N5O/c1-22-12-15(11-19-22)13-7-9-23(10-8-13)18(24)21-17-6-5-14-3-2-4-16(14)20-17/h5-6,11-13H,2-4,7-10H2,1H3,(H,20,21,24). The summed E-state index contributed by atoms with van der Waals surface area (Å²) in [6.45, 7) is 1.55. The Morgan fingerprint density at radius 3 is 2.83 bits per heavy atom. The van der Waals surface area contributed by atoms with Crippen LogP contribution in [0.25, 0.3) is 0 Å². The van der Waals surface area contributed by atoms with Crippen LogP contribution < -0.4 is 5.32 Å². The molecule has 24 heavy (non-hydrogen) atoms. The first-order valence-electron chi connectivity index (χ1n) is 8.72. The molecule has 4 rings (SSSR count). The molecule has 0 atom stereocenters. The molecule has 2 amide bonds. The number of piperidine rings is 1. The minimum absolute atomic E-state index is 0.0370. The lowest BCUT2D eigenvalue weighted by Crippen LogP contribution is -2.40. The van der Waals surface area contributed by atoms with Gasteiger partial charge in [0.15, 0.2) is 0 Å². The van der Waals surface area contributed by atoms with Gasteiger partial charge < -0.3 is 4.90 Å². The lowest BCUT2D eigenvalue weighted by molar-refractivity contribution is 0.194. The predicted octanol–water partition coefficient (Wildman–Crippen LogP) is 2.72. The largest absolute Gasteiger partial charge is 0.324 e. The zero-order valence-corrected chi connectivity index (χ0v) is 14.0. The van der Waals surface area contributed by atoms with Gasteiger partial charge in [-0.2, -0.15) is 5.10 Å². The molecule has 1 aliphatic heterocycles. The molecule has 0 aromatic carbocycles. The minimum Gasteiger partial charge on any atom is -0.324 e. The molecule has 0 saturated carbocycles. The summed E-state index contributed by atoms with van der Waals surface area (Å²) in [7, 11) is 1.94. The monoisotopic (exact) mass is 325 g/mol. The van der Waals surface area contributed by atoms with Crippen molar-refractivity contribution >= 4 is 11.8 Å². The van der Waals surface area contributed by atoms with Crippen LogP contribution in [0.15, 0.2) is 24.5 Å². The molecular weight excluding hydrogens is 302 g/mol. The van der Waals surface area contributed by atoms with Gasteiger partial charge in [0.05, 0.1) is 6.20 Å². The number of pyridine rings is 1. The van der Waals surface area contributed by atoms with Crippen molar-refractivity contribution in [1.29, 1.82) is 0 Å². The molecule has 2 aromatic rings. The Morgan fingerprint density at radius 2 is 2.08 bits per heavy atom. The Balaban J connectivity index is 1.34. The molecule has 6 heteroatoms. The zero-order chi connectivity index (χ0) is 16.5. The SMILES string of the molecule is Cn1cc(C2CCN(C(=O)Nc3ccc4c(n3)CCC4)CC2)cn1. The van der Waals surface area contributed by atoms with Crippen LogP contribution in [0, 0.1) is 0 Å². The number of fused-ring (bicyclic) bond motifs is 1. The number of nitrogens with zero attached hydrogens (tertiary/aromatic N) is 4. The average molecular weight is 325 g/mol. The van der Waals surface area contributed by atoms with Crippen molar-refractivity contribution < 1.29 is 4.79 Å². The smallest absolute Gasteiger partial charge is 0.323 e. The number of hydrogen-bond donors (Lipinski definition) is 1. The number of nitrogens with one attached hydrogen (secondary N) is 1. The van der Waals surface area contributed by atoms with E-state index in [-0.39, 0.29) is 6.03 Å². The lowest BCUT2D eigenvalue weighted by atomic mass is 9.92. The van der Waals surface area contributed by atoms with E-state index in [1.54, 1.807) is 0 Å². The topological polar surface area (TPSA) is 63.1 Å². The molecule has 1 aliphatic carbocycles. The van der Waals surface area contributed by atoms with Crippen LogP contribution >= 0.6 is 0 Å². The summed E-state index contributed by atoms with van der Waals surface area (Å²) in [6.07, 6.45) is 9.28. The number of aromatic nitrogens is 3. The third kappa shape index (κ3) is 3.00. The summed E-state index contributed by atoms with van der Waals surface area (Å²) in [5.41, 5.74) is 3.74. The molecule has 1 N–H and O–H groups in total. The van der Waals surface area contributed by atoms with E-state index in [0.29, 0.717) is 11.7 Å². The van der Waals surface area contributed by atoms with E-state index in [2.05, 4.69) is 27.7 Å². The van der Waals surface area contributed by atoms with Gasteiger partial charge in [-0.05, 0) is 55.2 Å². The molecule has 126 valence electrons. The number of likely N-dealkylation sites (tertiary alicyclic amines) is 1. The molecule has 3 heterocycles. The summed E-state index contributed by atoms with van der Waals surface area (Å²) in [4.78, 5) is 18.9. The average Bonchev–Trinajstić information content (AvgIpc) is 3.23. The number of carbonyl (C=O) groups is 1. The highest BCUT2D eigenvalue weighted by Gasteiger charge is 2.25. The number of rotatable bonds is 2. The van der Waals surface area contributed by atoms with Crippen molar-refractivity contribution in [3.8, 4) is 0 Å². The number of carbonyl (C=O) groups excluding carboxylic acids is 1. The molecule has 0 radical (unpaired) electrons. The first-order valence-corrected chi connectivity index (χ1v) is 8.72. The molecule has 0 spiro atoms. The first kappa shape index (κ1) is 15.2. The van der Waals surface area contributed by atoms with E-state index >= 15 is 0 Å². The van der Waals surface area contributed by atoms with Gasteiger partial charge in [0, 0.05) is 32.0 Å². The molecule has 2 aliphatic rings. The maximum atomic E-state index is 12.5. The Labute approximate surface area is 141 Å². The summed E-state index contributed by atoms with van der Waals surface area (Å²) < 4.78 is 1.84. The van der Waals surface area contributed by atoms with Crippen molar-refractivity contribution in [2.24, 2.45) is 7.05 Å². The van der Waals surface area contributed by atoms with Gasteiger partial charge in [0.2, 0.25) is 0 Å². The molecule has 0 unspecified atom stereocenters. The van der Waals surface area contributed by atoms with Crippen LogP contribution in [0.5, 0.6) is 0 Å². The fourth-order valence-electron chi connectivity index (χ4n) is 3.75. The van der Waals surface area contributed by atoms with Crippen LogP contribution in [0.3, 0.4) is 0 Å². The summed E-state index contributed by atoms with van der Waals surface area (Å²) >= 11 is 0.